The molecule has 0 aliphatic rings. The molecule has 0 radical (unpaired) electrons. The summed E-state index contributed by atoms with van der Waals surface area (Å²) in [5.41, 5.74) is 5.18. The van der Waals surface area contributed by atoms with Crippen LogP contribution in [0.25, 0.3) is 0 Å². The van der Waals surface area contributed by atoms with E-state index in [4.69, 9.17) is 10.5 Å². The van der Waals surface area contributed by atoms with Crippen molar-refractivity contribution in [3.8, 4) is 5.75 Å². The lowest BCUT2D eigenvalue weighted by molar-refractivity contribution is -0.120. The number of benzene rings is 1. The fraction of sp³-hybridized carbons (Fsp3) is 0.250. The topological polar surface area (TPSA) is 108 Å². The first-order valence-corrected chi connectivity index (χ1v) is 5.43. The molecule has 0 bridgehead atoms. The van der Waals surface area contributed by atoms with Crippen molar-refractivity contribution in [2.24, 2.45) is 5.73 Å². The van der Waals surface area contributed by atoms with Crippen LogP contribution >= 0.6 is 0 Å². The quantitative estimate of drug-likeness (QED) is 0.752. The summed E-state index contributed by atoms with van der Waals surface area (Å²) in [6.45, 7) is 0.0939. The lowest BCUT2D eigenvalue weighted by atomic mass is 10.2. The number of nitrogens with two attached hydrogens (primary N) is 1. The molecule has 1 aromatic carbocycles. The van der Waals surface area contributed by atoms with Crippen LogP contribution in [0.5, 0.6) is 5.75 Å². The third-order valence-corrected chi connectivity index (χ3v) is 2.14. The number of imide groups is 1. The predicted octanol–water partition coefficient (Wildman–Crippen LogP) is 0.437. The summed E-state index contributed by atoms with van der Waals surface area (Å²) in [6.07, 6.45) is 0.00168. The van der Waals surface area contributed by atoms with E-state index in [0.717, 1.165) is 0 Å². The Hall–Kier alpha value is -2.57. The standard InChI is InChI=1S/C12H14N2O5/c1-18-11(16)8-2-4-9(5-3-8)19-7-6-10(15)14-12(13)17/h2-5H,6-7H2,1H3,(H3,13,14,15,17). The Bertz CT molecular complexity index is 470. The van der Waals surface area contributed by atoms with Gasteiger partial charge >= 0.3 is 12.0 Å². The third kappa shape index (κ3) is 5.07. The number of ether oxygens (including phenoxy) is 2. The van der Waals surface area contributed by atoms with Crippen molar-refractivity contribution in [1.82, 2.24) is 5.32 Å². The van der Waals surface area contributed by atoms with Gasteiger partial charge in [0.15, 0.2) is 0 Å². The van der Waals surface area contributed by atoms with Crippen molar-refractivity contribution >= 4 is 17.9 Å². The fourth-order valence-electron chi connectivity index (χ4n) is 1.27. The highest BCUT2D eigenvalue weighted by Gasteiger charge is 2.06. The van der Waals surface area contributed by atoms with Crippen molar-refractivity contribution in [2.75, 3.05) is 13.7 Å². The SMILES string of the molecule is COC(=O)c1ccc(OCCC(=O)NC(N)=O)cc1. The number of carbonyl (C=O) groups is 3. The summed E-state index contributed by atoms with van der Waals surface area (Å²) in [6, 6.07) is 5.36. The Morgan fingerprint density at radius 3 is 2.37 bits per heavy atom. The van der Waals surface area contributed by atoms with Gasteiger partial charge in [0.1, 0.15) is 5.75 Å². The van der Waals surface area contributed by atoms with Crippen molar-refractivity contribution in [2.45, 2.75) is 6.42 Å². The minimum atomic E-state index is -0.896. The molecule has 19 heavy (non-hydrogen) atoms. The Morgan fingerprint density at radius 1 is 1.21 bits per heavy atom. The molecular weight excluding hydrogens is 252 g/mol. The second-order valence-corrected chi connectivity index (χ2v) is 3.53. The zero-order valence-corrected chi connectivity index (χ0v) is 10.3. The van der Waals surface area contributed by atoms with Crippen LogP contribution in [0, 0.1) is 0 Å². The maximum Gasteiger partial charge on any atom is 0.337 e. The number of nitrogens with one attached hydrogen (secondary N) is 1. The average molecular weight is 266 g/mol. The van der Waals surface area contributed by atoms with Gasteiger partial charge in [-0.1, -0.05) is 0 Å². The Kier molecular flexibility index (Phi) is 5.34. The largest absolute Gasteiger partial charge is 0.493 e. The number of urea groups is 1. The number of primary amides is 1. The van der Waals surface area contributed by atoms with Gasteiger partial charge in [-0.3, -0.25) is 10.1 Å². The van der Waals surface area contributed by atoms with Gasteiger partial charge in [0, 0.05) is 0 Å². The molecular formula is C12H14N2O5. The van der Waals surface area contributed by atoms with E-state index in [1.165, 1.54) is 7.11 Å². The molecule has 0 aromatic heterocycles. The second kappa shape index (κ2) is 7.00. The zero-order chi connectivity index (χ0) is 14.3. The maximum absolute atomic E-state index is 11.2. The molecule has 0 heterocycles. The van der Waals surface area contributed by atoms with Crippen molar-refractivity contribution in [3.63, 3.8) is 0 Å². The summed E-state index contributed by atoms with van der Waals surface area (Å²) in [4.78, 5) is 32.6. The van der Waals surface area contributed by atoms with E-state index < -0.39 is 17.9 Å². The van der Waals surface area contributed by atoms with Gasteiger partial charge in [0.25, 0.3) is 0 Å². The van der Waals surface area contributed by atoms with Crippen molar-refractivity contribution in [3.05, 3.63) is 29.8 Å². The molecule has 0 aliphatic carbocycles. The normalized spacial score (nSPS) is 9.53. The van der Waals surface area contributed by atoms with Crippen LogP contribution in [0.3, 0.4) is 0 Å². The minimum Gasteiger partial charge on any atom is -0.493 e. The lowest BCUT2D eigenvalue weighted by Gasteiger charge is -2.06. The van der Waals surface area contributed by atoms with E-state index in [1.807, 2.05) is 5.32 Å². The number of carbonyl (C=O) groups excluding carboxylic acids is 3. The molecule has 0 saturated heterocycles. The molecule has 1 aromatic rings. The minimum absolute atomic E-state index is 0.00168. The average Bonchev–Trinajstić information content (AvgIpc) is 2.37. The van der Waals surface area contributed by atoms with E-state index in [-0.39, 0.29) is 13.0 Å². The van der Waals surface area contributed by atoms with Crippen LogP contribution < -0.4 is 15.8 Å². The van der Waals surface area contributed by atoms with Crippen LogP contribution in [0.1, 0.15) is 16.8 Å². The van der Waals surface area contributed by atoms with Gasteiger partial charge in [0.05, 0.1) is 25.7 Å². The molecule has 7 nitrogen and oxygen atoms in total. The Labute approximate surface area is 109 Å². The molecule has 0 atom stereocenters. The summed E-state index contributed by atoms with van der Waals surface area (Å²) in [7, 11) is 1.30. The van der Waals surface area contributed by atoms with Gasteiger partial charge in [-0.25, -0.2) is 9.59 Å². The smallest absolute Gasteiger partial charge is 0.337 e. The maximum atomic E-state index is 11.2. The zero-order valence-electron chi connectivity index (χ0n) is 10.3. The number of esters is 1. The van der Waals surface area contributed by atoms with Gasteiger partial charge in [-0.2, -0.15) is 0 Å². The van der Waals surface area contributed by atoms with Crippen molar-refractivity contribution in [1.29, 1.82) is 0 Å². The molecule has 0 aliphatic heterocycles. The molecule has 102 valence electrons. The first-order chi connectivity index (χ1) is 9.02. The van der Waals surface area contributed by atoms with Gasteiger partial charge < -0.3 is 15.2 Å². The monoisotopic (exact) mass is 266 g/mol. The first-order valence-electron chi connectivity index (χ1n) is 5.43. The van der Waals surface area contributed by atoms with Gasteiger partial charge in [0.2, 0.25) is 5.91 Å². The van der Waals surface area contributed by atoms with Crippen LogP contribution in [0.15, 0.2) is 24.3 Å². The van der Waals surface area contributed by atoms with E-state index in [2.05, 4.69) is 4.74 Å². The highest BCUT2D eigenvalue weighted by atomic mass is 16.5. The molecule has 0 spiro atoms. The summed E-state index contributed by atoms with van der Waals surface area (Å²) < 4.78 is 9.81. The predicted molar refractivity (Wildman–Crippen MR) is 65.6 cm³/mol. The van der Waals surface area contributed by atoms with Crippen LogP contribution in [0.4, 0.5) is 4.79 Å². The van der Waals surface area contributed by atoms with E-state index in [1.54, 1.807) is 24.3 Å². The highest BCUT2D eigenvalue weighted by molar-refractivity contribution is 5.93. The summed E-state index contributed by atoms with van der Waals surface area (Å²) in [5, 5.41) is 1.92. The number of amides is 3. The van der Waals surface area contributed by atoms with Crippen LogP contribution in [-0.2, 0) is 9.53 Å². The van der Waals surface area contributed by atoms with Crippen molar-refractivity contribution < 1.29 is 23.9 Å². The number of hydrogen-bond donors (Lipinski definition) is 2. The van der Waals surface area contributed by atoms with E-state index >= 15 is 0 Å². The first kappa shape index (κ1) is 14.5. The van der Waals surface area contributed by atoms with Crippen LogP contribution in [-0.4, -0.2) is 31.6 Å². The molecule has 3 amide bonds. The molecule has 7 heteroatoms. The number of methoxy groups -OCH3 is 1. The Morgan fingerprint density at radius 2 is 1.84 bits per heavy atom. The second-order valence-electron chi connectivity index (χ2n) is 3.53. The highest BCUT2D eigenvalue weighted by Crippen LogP contribution is 2.12. The summed E-state index contributed by atoms with van der Waals surface area (Å²) in [5.74, 6) is -0.453. The number of rotatable bonds is 5. The molecule has 0 unspecified atom stereocenters. The van der Waals surface area contributed by atoms with E-state index in [9.17, 15) is 14.4 Å². The fourth-order valence-corrected chi connectivity index (χ4v) is 1.27. The molecule has 0 saturated carbocycles. The molecule has 1 rings (SSSR count). The van der Waals surface area contributed by atoms with Gasteiger partial charge in [-0.15, -0.1) is 0 Å². The Balaban J connectivity index is 2.40. The van der Waals surface area contributed by atoms with Crippen LogP contribution in [0.2, 0.25) is 0 Å². The van der Waals surface area contributed by atoms with E-state index in [0.29, 0.717) is 11.3 Å². The molecule has 3 N–H and O–H groups in total. The summed E-state index contributed by atoms with van der Waals surface area (Å²) >= 11 is 0. The number of hydrogen-bond acceptors (Lipinski definition) is 5. The molecule has 0 fully saturated rings. The third-order valence-electron chi connectivity index (χ3n) is 2.14. The van der Waals surface area contributed by atoms with Gasteiger partial charge in [-0.05, 0) is 24.3 Å². The lowest BCUT2D eigenvalue weighted by Crippen LogP contribution is -2.35.